The van der Waals surface area contributed by atoms with Crippen molar-refractivity contribution in [3.63, 3.8) is 0 Å². The number of amides is 3. The van der Waals surface area contributed by atoms with Gasteiger partial charge in [0.15, 0.2) is 51.4 Å². The van der Waals surface area contributed by atoms with Crippen LogP contribution in [0.2, 0.25) is 19.1 Å². The molecule has 5 aliphatic heterocycles. The fourth-order valence-electron chi connectivity index (χ4n) is 11.2. The number of aliphatic hydroxyl groups excluding tert-OH is 4. The zero-order chi connectivity index (χ0) is 69.3. The van der Waals surface area contributed by atoms with Crippen molar-refractivity contribution in [3.8, 4) is 41.4 Å². The summed E-state index contributed by atoms with van der Waals surface area (Å²) in [6.07, 6.45) is -8.84. The Morgan fingerprint density at radius 3 is 2.24 bits per heavy atom. The minimum Gasteiger partial charge on any atom is -0.492 e. The molecular weight excluding hydrogens is 1400 g/mol. The third kappa shape index (κ3) is 20.3. The topological polar surface area (TPSA) is 355 Å². The molecule has 8 N–H and O–H groups in total. The van der Waals surface area contributed by atoms with E-state index < -0.39 is 142 Å². The summed E-state index contributed by atoms with van der Waals surface area (Å²) in [6.45, 7) is 13.6. The predicted molar refractivity (Wildman–Crippen MR) is 352 cm³/mol. The minimum atomic E-state index is -2.29. The zero-order valence-corrected chi connectivity index (χ0v) is 59.7. The molecule has 6 rings (SSSR count). The molecule has 32 heteroatoms. The number of methoxy groups -OCH3 is 5. The molecule has 4 saturated heterocycles. The predicted octanol–water partition coefficient (Wildman–Crippen LogP) is 2.70. The number of carbonyl (C=O) groups is 5. The normalized spacial score (nSPS) is 30.5. The summed E-state index contributed by atoms with van der Waals surface area (Å²) in [5, 5.41) is 50.0. The van der Waals surface area contributed by atoms with E-state index >= 15 is 0 Å². The van der Waals surface area contributed by atoms with Gasteiger partial charge in [0.05, 0.1) is 96.2 Å². The van der Waals surface area contributed by atoms with E-state index in [4.69, 9.17) is 72.8 Å². The van der Waals surface area contributed by atoms with E-state index in [0.717, 1.165) is 18.9 Å². The van der Waals surface area contributed by atoms with Gasteiger partial charge in [-0.25, -0.2) is 4.79 Å². The Bertz CT molecular complexity index is 2980. The average molecular weight is 1490 g/mol. The first-order valence-electron chi connectivity index (χ1n) is 30.5. The lowest BCUT2D eigenvalue weighted by atomic mass is 9.96. The van der Waals surface area contributed by atoms with Gasteiger partial charge in [0.25, 0.3) is 0 Å². The zero-order valence-electron chi connectivity index (χ0n) is 54.9. The monoisotopic (exact) mass is 1490 g/mol. The average Bonchev–Trinajstić information content (AvgIpc) is 0.777. The molecule has 5 aliphatic rings. The lowest BCUT2D eigenvalue weighted by Crippen LogP contribution is -2.65. The van der Waals surface area contributed by atoms with Gasteiger partial charge in [0, 0.05) is 52.8 Å². The van der Waals surface area contributed by atoms with Gasteiger partial charge in [-0.3, -0.25) is 29.3 Å². The third-order valence-electron chi connectivity index (χ3n) is 16.1. The summed E-state index contributed by atoms with van der Waals surface area (Å²) in [4.78, 5) is 84.8. The van der Waals surface area contributed by atoms with Crippen LogP contribution < -0.4 is 30.3 Å². The van der Waals surface area contributed by atoms with Crippen LogP contribution in [0.5, 0.6) is 17.2 Å². The van der Waals surface area contributed by atoms with Gasteiger partial charge < -0.3 is 97.0 Å². The van der Waals surface area contributed by atoms with Gasteiger partial charge in [0.1, 0.15) is 42.0 Å². The van der Waals surface area contributed by atoms with E-state index in [1.165, 1.54) is 59.3 Å². The summed E-state index contributed by atoms with van der Waals surface area (Å²) in [5.41, 5.74) is 2.99. The maximum atomic E-state index is 14.5. The summed E-state index contributed by atoms with van der Waals surface area (Å²) in [6, 6.07) is -1.06. The second-order valence-electron chi connectivity index (χ2n) is 23.1. The molecule has 18 atom stereocenters. The Labute approximate surface area is 571 Å². The number of nitrogens with one attached hydrogen (secondary N) is 3. The Hall–Kier alpha value is -4.64. The highest BCUT2D eigenvalue weighted by Crippen LogP contribution is 2.49. The smallest absolute Gasteiger partial charge is 0.411 e. The molecule has 0 aromatic heterocycles. The standard InChI is InChI=1S/C62H89IN4O24S2Si/c1-15-17-18-19-21-40(46-39(83-29-38(70)49(46)65-62(76)82-12)22-24-92-30-42(71)64-23-20-25-94(13,14)77)88-61-56(89-43-27-41(78-8)36(28-84-43)67(16-2)35(7)68)51(73)48(32(4)86-61)66-91-44-26-37(69)58(34(6)85-44)93-59(75)45-31(3)47(63)54(57(81-11)53(45)79-9)90-60-52(74)55(80-10)50(72)33(5)87-60/h1,17-18,22,32-34,36-37,40-41,43-44,48,50-52,55-56,58,60-61,66,69,72-74,77H,16,20,23-30H2,2-14H3,(H,64,71)(H,65,76)/b18-17-,39-22+/t32?,33?,34?,36?,37?,40-,41?,43?,44?,48?,50?,51?,52?,55?,56?,58?,60?,61?/m0/s1. The van der Waals surface area contributed by atoms with Crippen molar-refractivity contribution in [3.05, 3.63) is 50.0 Å². The number of benzene rings is 1. The molecule has 94 heavy (non-hydrogen) atoms. The number of halogens is 1. The number of hydrogen-bond donors (Lipinski definition) is 8. The maximum Gasteiger partial charge on any atom is 0.411 e. The van der Waals surface area contributed by atoms with Crippen LogP contribution in [0, 0.1) is 34.7 Å². The number of rotatable bonds is 27. The molecule has 1 aromatic carbocycles. The lowest BCUT2D eigenvalue weighted by Gasteiger charge is -2.47. The van der Waals surface area contributed by atoms with Crippen molar-refractivity contribution in [1.29, 1.82) is 0 Å². The molecule has 3 amide bonds. The SMILES string of the molecule is C#C/C=C\C#C[C@H](OC1OC(C)C(NOC2CC(O)C(SC(=O)c3c(C)c(I)c(OC4OC(C)C(O)C(OC)C4O)c(OC)c3OC)C(C)O2)C(O)C1OC1CC(OC)C(N(CC)C(C)=O)CO1)C1=C(NC(=O)OC)C(=O)CO/C1=C/CSCC(=O)NCCC[Si](C)(C)O. The second kappa shape index (κ2) is 36.8. The molecule has 1 aromatic rings. The molecule has 17 unspecified atom stereocenters. The summed E-state index contributed by atoms with van der Waals surface area (Å²) < 4.78 is 78.6. The van der Waals surface area contributed by atoms with Gasteiger partial charge in [-0.2, -0.15) is 5.48 Å². The van der Waals surface area contributed by atoms with E-state index in [1.54, 1.807) is 38.7 Å². The number of carbonyl (C=O) groups excluding carboxylic acids is 5. The number of terminal acetylenes is 1. The first kappa shape index (κ1) is 78.4. The fraction of sp³-hybridized carbons (Fsp3) is 0.661. The van der Waals surface area contributed by atoms with Crippen molar-refractivity contribution in [1.82, 2.24) is 21.0 Å². The first-order chi connectivity index (χ1) is 44.7. The van der Waals surface area contributed by atoms with Crippen LogP contribution in [-0.2, 0) is 66.6 Å². The van der Waals surface area contributed by atoms with E-state index in [2.05, 4.69) is 33.9 Å². The number of ether oxygens (including phenoxy) is 13. The highest BCUT2D eigenvalue weighted by molar-refractivity contribution is 14.1. The number of ketones is 1. The van der Waals surface area contributed by atoms with E-state index in [9.17, 15) is 49.2 Å². The molecule has 0 bridgehead atoms. The molecule has 524 valence electrons. The van der Waals surface area contributed by atoms with Gasteiger partial charge in [-0.05, 0) is 107 Å². The fourth-order valence-corrected chi connectivity index (χ4v) is 14.6. The molecule has 5 heterocycles. The highest BCUT2D eigenvalue weighted by Gasteiger charge is 2.51. The van der Waals surface area contributed by atoms with Crippen LogP contribution in [0.3, 0.4) is 0 Å². The number of Topliss-reactive ketones (excluding diaryl/α,β-unsaturated/α-hetero) is 1. The number of aliphatic hydroxyl groups is 4. The van der Waals surface area contributed by atoms with Crippen LogP contribution in [0.4, 0.5) is 4.79 Å². The number of thioether (sulfide) groups is 2. The summed E-state index contributed by atoms with van der Waals surface area (Å²) >= 11 is 4.00. The van der Waals surface area contributed by atoms with Gasteiger partial charge >= 0.3 is 6.09 Å². The Morgan fingerprint density at radius 2 is 1.62 bits per heavy atom. The quantitative estimate of drug-likeness (QED) is 0.0206. The molecule has 0 aliphatic carbocycles. The van der Waals surface area contributed by atoms with E-state index in [1.807, 2.05) is 42.6 Å². The van der Waals surface area contributed by atoms with Crippen molar-refractivity contribution in [2.75, 3.05) is 73.4 Å². The van der Waals surface area contributed by atoms with Gasteiger partial charge in [-0.15, -0.1) is 18.2 Å². The van der Waals surface area contributed by atoms with Crippen LogP contribution >= 0.6 is 46.1 Å². The third-order valence-corrected chi connectivity index (χ3v) is 21.2. The molecule has 0 radical (unpaired) electrons. The molecule has 4 fully saturated rings. The van der Waals surface area contributed by atoms with Crippen molar-refractivity contribution in [2.45, 2.75) is 190 Å². The number of hydrogen-bond acceptors (Lipinski definition) is 27. The largest absolute Gasteiger partial charge is 0.492 e. The van der Waals surface area contributed by atoms with Crippen LogP contribution in [-0.4, -0.2) is 250 Å². The number of hydroxylamine groups is 1. The Kier molecular flexibility index (Phi) is 30.7. The van der Waals surface area contributed by atoms with Crippen LogP contribution in [0.15, 0.2) is 35.3 Å². The molecule has 28 nitrogen and oxygen atoms in total. The number of likely N-dealkylation sites (N-methyl/N-ethyl adjacent to an activating group) is 1. The number of allylic oxidation sites excluding steroid dienone is 2. The number of nitrogens with zero attached hydrogens (tertiary/aromatic N) is 1. The van der Waals surface area contributed by atoms with Crippen molar-refractivity contribution >= 4 is 83.2 Å². The first-order valence-corrected chi connectivity index (χ1v) is 36.8. The van der Waals surface area contributed by atoms with Crippen LogP contribution in [0.25, 0.3) is 0 Å². The van der Waals surface area contributed by atoms with E-state index in [-0.39, 0.29) is 82.6 Å². The number of alkyl carbamates (subject to hydrolysis) is 1. The maximum absolute atomic E-state index is 14.5. The second-order valence-corrected chi connectivity index (χ2v) is 30.5. The summed E-state index contributed by atoms with van der Waals surface area (Å²) in [5.74, 6) is 7.29. The molecule has 0 spiro atoms. The molecular formula is C62H89IN4O24S2Si. The van der Waals surface area contributed by atoms with Crippen LogP contribution in [0.1, 0.15) is 69.8 Å². The van der Waals surface area contributed by atoms with E-state index in [0.29, 0.717) is 34.7 Å². The Balaban J connectivity index is 1.26. The highest BCUT2D eigenvalue weighted by atomic mass is 127. The van der Waals surface area contributed by atoms with Crippen molar-refractivity contribution in [2.24, 2.45) is 0 Å². The molecule has 0 saturated carbocycles. The summed E-state index contributed by atoms with van der Waals surface area (Å²) in [7, 11) is 4.34. The minimum absolute atomic E-state index is 0.00393. The van der Waals surface area contributed by atoms with Gasteiger partial charge in [-0.1, -0.05) is 29.5 Å². The lowest BCUT2D eigenvalue weighted by molar-refractivity contribution is -0.337. The van der Waals surface area contributed by atoms with Gasteiger partial charge in [0.2, 0.25) is 34.8 Å². The Morgan fingerprint density at radius 1 is 0.904 bits per heavy atom. The van der Waals surface area contributed by atoms with Crippen molar-refractivity contribution < 1.29 is 116 Å².